The Hall–Kier alpha value is -2.23. The number of aromatic nitrogens is 1. The van der Waals surface area contributed by atoms with Gasteiger partial charge in [-0.05, 0) is 25.1 Å². The van der Waals surface area contributed by atoms with Gasteiger partial charge in [-0.15, -0.1) is 11.3 Å². The molecule has 2 rings (SSSR count). The molecule has 4 nitrogen and oxygen atoms in total. The van der Waals surface area contributed by atoms with Crippen molar-refractivity contribution in [1.82, 2.24) is 4.98 Å². The largest absolute Gasteiger partial charge is 0.320 e. The molecule has 1 amide bonds. The Kier molecular flexibility index (Phi) is 4.45. The van der Waals surface area contributed by atoms with Gasteiger partial charge in [0.2, 0.25) is 0 Å². The maximum Gasteiger partial charge on any atom is 0.258 e. The number of carbonyl (C=O) groups is 1. The highest BCUT2D eigenvalue weighted by molar-refractivity contribution is 7.13. The number of aryl methyl sites for hydroxylation is 1. The van der Waals surface area contributed by atoms with Crippen LogP contribution in [-0.2, 0) is 0 Å². The monoisotopic (exact) mass is 289 g/mol. The number of nitrogens with zero attached hydrogens (tertiary/aromatic N) is 1. The van der Waals surface area contributed by atoms with E-state index in [2.05, 4.69) is 22.1 Å². The van der Waals surface area contributed by atoms with Gasteiger partial charge in [-0.25, -0.2) is 9.37 Å². The molecule has 1 aromatic heterocycles. The SMILES string of the molecule is Cc1csc(NC(=O)c2cc(F)ccc2C#CCN)n1. The molecular weight excluding hydrogens is 277 g/mol. The molecule has 6 heteroatoms. The van der Waals surface area contributed by atoms with Crippen molar-refractivity contribution >= 4 is 22.4 Å². The molecule has 0 atom stereocenters. The smallest absolute Gasteiger partial charge is 0.258 e. The fourth-order valence-electron chi connectivity index (χ4n) is 1.54. The number of benzene rings is 1. The molecular formula is C14H12FN3OS. The third kappa shape index (κ3) is 3.41. The highest BCUT2D eigenvalue weighted by Crippen LogP contribution is 2.17. The number of carbonyl (C=O) groups excluding carboxylic acids is 1. The summed E-state index contributed by atoms with van der Waals surface area (Å²) >= 11 is 1.31. The minimum Gasteiger partial charge on any atom is -0.320 e. The Labute approximate surface area is 119 Å². The van der Waals surface area contributed by atoms with Gasteiger partial charge < -0.3 is 5.73 Å². The number of amides is 1. The average Bonchev–Trinajstić information content (AvgIpc) is 2.82. The summed E-state index contributed by atoms with van der Waals surface area (Å²) in [6.45, 7) is 2.00. The Balaban J connectivity index is 2.30. The fraction of sp³-hybridized carbons (Fsp3) is 0.143. The highest BCUT2D eigenvalue weighted by atomic mass is 32.1. The van der Waals surface area contributed by atoms with Crippen LogP contribution in [0, 0.1) is 24.6 Å². The van der Waals surface area contributed by atoms with Crippen LogP contribution in [0.4, 0.5) is 9.52 Å². The predicted molar refractivity (Wildman–Crippen MR) is 77.1 cm³/mol. The number of nitrogens with one attached hydrogen (secondary N) is 1. The maximum atomic E-state index is 13.3. The number of hydrogen-bond donors (Lipinski definition) is 2. The van der Waals surface area contributed by atoms with E-state index in [-0.39, 0.29) is 12.1 Å². The van der Waals surface area contributed by atoms with Gasteiger partial charge in [-0.2, -0.15) is 0 Å². The summed E-state index contributed by atoms with van der Waals surface area (Å²) in [5, 5.41) is 4.91. The van der Waals surface area contributed by atoms with Crippen molar-refractivity contribution in [2.45, 2.75) is 6.92 Å². The lowest BCUT2D eigenvalue weighted by Gasteiger charge is -2.04. The van der Waals surface area contributed by atoms with Gasteiger partial charge >= 0.3 is 0 Å². The van der Waals surface area contributed by atoms with Crippen molar-refractivity contribution in [2.24, 2.45) is 5.73 Å². The normalized spacial score (nSPS) is 9.75. The Morgan fingerprint density at radius 3 is 3.00 bits per heavy atom. The zero-order valence-corrected chi connectivity index (χ0v) is 11.6. The summed E-state index contributed by atoms with van der Waals surface area (Å²) in [6.07, 6.45) is 0. The summed E-state index contributed by atoms with van der Waals surface area (Å²) in [4.78, 5) is 16.3. The minimum atomic E-state index is -0.497. The van der Waals surface area contributed by atoms with Gasteiger partial charge in [0.05, 0.1) is 17.8 Å². The molecule has 102 valence electrons. The molecule has 1 heterocycles. The van der Waals surface area contributed by atoms with Crippen LogP contribution in [0.5, 0.6) is 0 Å². The Bertz CT molecular complexity index is 700. The molecule has 0 aliphatic carbocycles. The molecule has 3 N–H and O–H groups in total. The van der Waals surface area contributed by atoms with Crippen LogP contribution in [0.1, 0.15) is 21.6 Å². The molecule has 1 aromatic carbocycles. The summed E-state index contributed by atoms with van der Waals surface area (Å²) < 4.78 is 13.3. The van der Waals surface area contributed by atoms with Crippen molar-refractivity contribution in [3.05, 3.63) is 46.2 Å². The van der Waals surface area contributed by atoms with Crippen LogP contribution in [0.2, 0.25) is 0 Å². The van der Waals surface area contributed by atoms with Crippen LogP contribution in [0.3, 0.4) is 0 Å². The molecule has 0 spiro atoms. The van der Waals surface area contributed by atoms with E-state index in [9.17, 15) is 9.18 Å². The average molecular weight is 289 g/mol. The van der Waals surface area contributed by atoms with E-state index < -0.39 is 11.7 Å². The first-order valence-corrected chi connectivity index (χ1v) is 6.70. The topological polar surface area (TPSA) is 68.0 Å². The second-order valence-corrected chi connectivity index (χ2v) is 4.80. The van der Waals surface area contributed by atoms with Gasteiger partial charge in [-0.3, -0.25) is 10.1 Å². The van der Waals surface area contributed by atoms with Gasteiger partial charge in [0.15, 0.2) is 5.13 Å². The lowest BCUT2D eigenvalue weighted by Crippen LogP contribution is -2.14. The van der Waals surface area contributed by atoms with Crippen molar-refractivity contribution in [3.63, 3.8) is 0 Å². The van der Waals surface area contributed by atoms with Crippen molar-refractivity contribution in [3.8, 4) is 11.8 Å². The number of anilines is 1. The van der Waals surface area contributed by atoms with E-state index in [0.717, 1.165) is 11.8 Å². The van der Waals surface area contributed by atoms with E-state index in [1.165, 1.54) is 23.5 Å². The first-order chi connectivity index (χ1) is 9.60. The summed E-state index contributed by atoms with van der Waals surface area (Å²) in [5.74, 6) is 4.46. The van der Waals surface area contributed by atoms with E-state index in [1.807, 2.05) is 12.3 Å². The number of thiazole rings is 1. The van der Waals surface area contributed by atoms with Gasteiger partial charge in [0.1, 0.15) is 5.82 Å². The molecule has 0 saturated heterocycles. The Morgan fingerprint density at radius 2 is 2.35 bits per heavy atom. The fourth-order valence-corrected chi connectivity index (χ4v) is 2.22. The van der Waals surface area contributed by atoms with Crippen LogP contribution in [-0.4, -0.2) is 17.4 Å². The second-order valence-electron chi connectivity index (χ2n) is 3.94. The van der Waals surface area contributed by atoms with Crippen LogP contribution in [0.25, 0.3) is 0 Å². The van der Waals surface area contributed by atoms with E-state index in [0.29, 0.717) is 10.7 Å². The zero-order valence-electron chi connectivity index (χ0n) is 10.7. The third-order valence-electron chi connectivity index (χ3n) is 2.39. The van der Waals surface area contributed by atoms with Crippen molar-refractivity contribution < 1.29 is 9.18 Å². The van der Waals surface area contributed by atoms with Gasteiger partial charge in [0.25, 0.3) is 5.91 Å². The Morgan fingerprint density at radius 1 is 1.55 bits per heavy atom. The third-order valence-corrected chi connectivity index (χ3v) is 3.27. The predicted octanol–water partition coefficient (Wildman–Crippen LogP) is 2.15. The molecule has 2 aromatic rings. The standard InChI is InChI=1S/C14H12FN3OS/c1-9-8-20-14(17-9)18-13(19)12-7-11(15)5-4-10(12)3-2-6-16/h4-5,7-8H,6,16H2,1H3,(H,17,18,19). The molecule has 0 fully saturated rings. The number of nitrogens with two attached hydrogens (primary N) is 1. The minimum absolute atomic E-state index is 0.166. The van der Waals surface area contributed by atoms with Crippen LogP contribution >= 0.6 is 11.3 Å². The quantitative estimate of drug-likeness (QED) is 0.832. The van der Waals surface area contributed by atoms with Gasteiger partial charge in [-0.1, -0.05) is 11.8 Å². The maximum absolute atomic E-state index is 13.3. The van der Waals surface area contributed by atoms with Crippen LogP contribution < -0.4 is 11.1 Å². The second kappa shape index (κ2) is 6.28. The molecule has 0 radical (unpaired) electrons. The molecule has 0 aliphatic rings. The molecule has 20 heavy (non-hydrogen) atoms. The molecule has 0 saturated carbocycles. The summed E-state index contributed by atoms with van der Waals surface area (Å²) in [6, 6.07) is 3.86. The van der Waals surface area contributed by atoms with Crippen LogP contribution in [0.15, 0.2) is 23.6 Å². The first kappa shape index (κ1) is 14.2. The number of rotatable bonds is 2. The summed E-state index contributed by atoms with van der Waals surface area (Å²) in [7, 11) is 0. The van der Waals surface area contributed by atoms with E-state index in [4.69, 9.17) is 5.73 Å². The number of halogens is 1. The van der Waals surface area contributed by atoms with E-state index in [1.54, 1.807) is 0 Å². The van der Waals surface area contributed by atoms with Gasteiger partial charge in [0, 0.05) is 10.9 Å². The van der Waals surface area contributed by atoms with Crippen molar-refractivity contribution in [2.75, 3.05) is 11.9 Å². The first-order valence-electron chi connectivity index (χ1n) is 5.82. The zero-order chi connectivity index (χ0) is 14.5. The van der Waals surface area contributed by atoms with Crippen molar-refractivity contribution in [1.29, 1.82) is 0 Å². The molecule has 0 bridgehead atoms. The van der Waals surface area contributed by atoms with E-state index >= 15 is 0 Å². The lowest BCUT2D eigenvalue weighted by atomic mass is 10.1. The number of hydrogen-bond acceptors (Lipinski definition) is 4. The molecule has 0 aliphatic heterocycles. The molecule has 0 unspecified atom stereocenters. The highest BCUT2D eigenvalue weighted by Gasteiger charge is 2.13. The lowest BCUT2D eigenvalue weighted by molar-refractivity contribution is 0.102. The summed E-state index contributed by atoms with van der Waals surface area (Å²) in [5.41, 5.74) is 6.71.